The van der Waals surface area contributed by atoms with Gasteiger partial charge in [0.1, 0.15) is 5.75 Å². The largest absolute Gasteiger partial charge is 0.508 e. The van der Waals surface area contributed by atoms with Gasteiger partial charge >= 0.3 is 0 Å². The van der Waals surface area contributed by atoms with Crippen LogP contribution in [0, 0.1) is 6.92 Å². The first kappa shape index (κ1) is 19.5. The average Bonchev–Trinajstić information content (AvgIpc) is 3.29. The summed E-state index contributed by atoms with van der Waals surface area (Å²) < 4.78 is 2.14. The quantitative estimate of drug-likeness (QED) is 0.650. The van der Waals surface area contributed by atoms with Crippen molar-refractivity contribution in [3.05, 3.63) is 53.2 Å². The third-order valence-corrected chi connectivity index (χ3v) is 6.01. The highest BCUT2D eigenvalue weighted by Gasteiger charge is 2.24. The van der Waals surface area contributed by atoms with Gasteiger partial charge in [-0.05, 0) is 76.2 Å². The molecule has 1 saturated heterocycles. The number of fused-ring (bicyclic) bond motifs is 1. The second kappa shape index (κ2) is 7.56. The van der Waals surface area contributed by atoms with E-state index >= 15 is 0 Å². The molecule has 1 aliphatic heterocycles. The molecule has 2 heterocycles. The van der Waals surface area contributed by atoms with Crippen LogP contribution in [-0.2, 0) is 6.54 Å². The number of aromatic nitrogens is 1. The minimum absolute atomic E-state index is 0.0319. The summed E-state index contributed by atoms with van der Waals surface area (Å²) in [5, 5.41) is 11.6. The monoisotopic (exact) mass is 391 g/mol. The van der Waals surface area contributed by atoms with Crippen LogP contribution in [0.2, 0.25) is 0 Å². The average molecular weight is 392 g/mol. The van der Waals surface area contributed by atoms with Gasteiger partial charge in [-0.25, -0.2) is 0 Å². The molecule has 1 aliphatic rings. The molecular weight excluding hydrogens is 362 g/mol. The first-order valence-corrected chi connectivity index (χ1v) is 10.3. The predicted octanol–water partition coefficient (Wildman–Crippen LogP) is 4.51. The summed E-state index contributed by atoms with van der Waals surface area (Å²) in [5.41, 5.74) is 5.60. The summed E-state index contributed by atoms with van der Waals surface area (Å²) >= 11 is 0. The second-order valence-electron chi connectivity index (χ2n) is 8.20. The Morgan fingerprint density at radius 2 is 1.72 bits per heavy atom. The topological polar surface area (TPSA) is 48.7 Å². The van der Waals surface area contributed by atoms with E-state index in [-0.39, 0.29) is 11.5 Å². The number of nitrogens with zero attached hydrogens (tertiary/aromatic N) is 3. The number of carbonyl (C=O) groups excluding carboxylic acids is 1. The maximum Gasteiger partial charge on any atom is 0.162 e. The van der Waals surface area contributed by atoms with E-state index in [9.17, 15) is 9.90 Å². The van der Waals surface area contributed by atoms with Gasteiger partial charge in [-0.2, -0.15) is 0 Å². The van der Waals surface area contributed by atoms with Crippen molar-refractivity contribution in [2.24, 2.45) is 0 Å². The smallest absolute Gasteiger partial charge is 0.162 e. The zero-order valence-corrected chi connectivity index (χ0v) is 17.7. The Bertz CT molecular complexity index is 1060. The summed E-state index contributed by atoms with van der Waals surface area (Å²) in [6.45, 7) is 6.36. The molecule has 0 spiro atoms. The number of likely N-dealkylation sites (tertiary alicyclic amines) is 1. The third kappa shape index (κ3) is 3.40. The second-order valence-corrected chi connectivity index (χ2v) is 8.20. The van der Waals surface area contributed by atoms with Gasteiger partial charge in [-0.1, -0.05) is 0 Å². The third-order valence-electron chi connectivity index (χ3n) is 6.01. The molecule has 0 bridgehead atoms. The van der Waals surface area contributed by atoms with Crippen LogP contribution in [0.5, 0.6) is 5.75 Å². The molecule has 152 valence electrons. The zero-order valence-electron chi connectivity index (χ0n) is 17.7. The van der Waals surface area contributed by atoms with E-state index < -0.39 is 0 Å². The lowest BCUT2D eigenvalue weighted by molar-refractivity contribution is 0.101. The number of anilines is 1. The van der Waals surface area contributed by atoms with Crippen molar-refractivity contribution in [3.8, 4) is 11.4 Å². The first-order chi connectivity index (χ1) is 13.9. The molecular formula is C24H29N3O2. The first-order valence-electron chi connectivity index (χ1n) is 10.3. The molecule has 1 fully saturated rings. The maximum absolute atomic E-state index is 12.7. The molecule has 1 N–H and O–H groups in total. The van der Waals surface area contributed by atoms with Gasteiger partial charge in [0.25, 0.3) is 0 Å². The normalized spacial score (nSPS) is 14.6. The van der Waals surface area contributed by atoms with Crippen LogP contribution in [-0.4, -0.2) is 47.5 Å². The van der Waals surface area contributed by atoms with Gasteiger partial charge in [-0.15, -0.1) is 0 Å². The van der Waals surface area contributed by atoms with Gasteiger partial charge in [0.2, 0.25) is 0 Å². The number of aromatic hydroxyl groups is 1. The Morgan fingerprint density at radius 1 is 1.07 bits per heavy atom. The Hall–Kier alpha value is -2.79. The number of hydrogen-bond donors (Lipinski definition) is 1. The Labute approximate surface area is 172 Å². The van der Waals surface area contributed by atoms with Gasteiger partial charge < -0.3 is 14.6 Å². The van der Waals surface area contributed by atoms with E-state index in [1.807, 2.05) is 27.1 Å². The summed E-state index contributed by atoms with van der Waals surface area (Å²) in [6.07, 6.45) is 2.38. The standard InChI is InChI=1S/C24H29N3O2/c1-16-23(17(2)28)24-20(15-26-13-5-6-14-26)22(29)12-11-21(24)27(16)19-9-7-18(8-10-19)25(3)4/h7-12,29H,5-6,13-15H2,1-4H3. The molecule has 5 nitrogen and oxygen atoms in total. The maximum atomic E-state index is 12.7. The molecule has 0 saturated carbocycles. The van der Waals surface area contributed by atoms with Gasteiger partial charge in [-0.3, -0.25) is 9.69 Å². The van der Waals surface area contributed by atoms with Gasteiger partial charge in [0.15, 0.2) is 5.78 Å². The van der Waals surface area contributed by atoms with Crippen molar-refractivity contribution < 1.29 is 9.90 Å². The van der Waals surface area contributed by atoms with E-state index in [0.717, 1.165) is 46.6 Å². The van der Waals surface area contributed by atoms with Gasteiger partial charge in [0.05, 0.1) is 5.52 Å². The van der Waals surface area contributed by atoms with Crippen molar-refractivity contribution in [2.75, 3.05) is 32.1 Å². The van der Waals surface area contributed by atoms with E-state index in [1.54, 1.807) is 13.0 Å². The molecule has 0 radical (unpaired) electrons. The predicted molar refractivity (Wildman–Crippen MR) is 119 cm³/mol. The number of Topliss-reactive ketones (excluding diaryl/α,β-unsaturated/α-hetero) is 1. The van der Waals surface area contributed by atoms with Crippen LogP contribution in [0.1, 0.15) is 41.4 Å². The van der Waals surface area contributed by atoms with Crippen molar-refractivity contribution in [1.29, 1.82) is 0 Å². The summed E-state index contributed by atoms with van der Waals surface area (Å²) in [5.74, 6) is 0.302. The van der Waals surface area contributed by atoms with Crippen LogP contribution in [0.3, 0.4) is 0 Å². The molecule has 1 aromatic heterocycles. The highest BCUT2D eigenvalue weighted by Crippen LogP contribution is 2.37. The fourth-order valence-electron chi connectivity index (χ4n) is 4.55. The Balaban J connectivity index is 1.94. The lowest BCUT2D eigenvalue weighted by Crippen LogP contribution is -2.18. The Kier molecular flexibility index (Phi) is 5.09. The Morgan fingerprint density at radius 3 is 2.31 bits per heavy atom. The van der Waals surface area contributed by atoms with E-state index in [1.165, 1.54) is 12.8 Å². The molecule has 3 aromatic rings. The molecule has 0 atom stereocenters. The summed E-state index contributed by atoms with van der Waals surface area (Å²) in [4.78, 5) is 17.1. The molecule has 0 unspecified atom stereocenters. The van der Waals surface area contributed by atoms with Crippen LogP contribution < -0.4 is 4.90 Å². The number of rotatable bonds is 5. The number of phenols is 1. The molecule has 4 rings (SSSR count). The van der Waals surface area contributed by atoms with E-state index in [2.05, 4.69) is 38.6 Å². The number of carbonyl (C=O) groups is 1. The fraction of sp³-hybridized carbons (Fsp3) is 0.375. The number of hydrogen-bond acceptors (Lipinski definition) is 4. The van der Waals surface area contributed by atoms with E-state index in [4.69, 9.17) is 0 Å². The highest BCUT2D eigenvalue weighted by atomic mass is 16.3. The van der Waals surface area contributed by atoms with E-state index in [0.29, 0.717) is 12.1 Å². The van der Waals surface area contributed by atoms with Crippen LogP contribution >= 0.6 is 0 Å². The zero-order chi connectivity index (χ0) is 20.7. The molecule has 29 heavy (non-hydrogen) atoms. The highest BCUT2D eigenvalue weighted by molar-refractivity contribution is 6.10. The minimum Gasteiger partial charge on any atom is -0.508 e. The number of benzene rings is 2. The van der Waals surface area contributed by atoms with Crippen LogP contribution in [0.25, 0.3) is 16.6 Å². The van der Waals surface area contributed by atoms with Crippen molar-refractivity contribution in [1.82, 2.24) is 9.47 Å². The van der Waals surface area contributed by atoms with Crippen LogP contribution in [0.4, 0.5) is 5.69 Å². The van der Waals surface area contributed by atoms with Crippen molar-refractivity contribution in [3.63, 3.8) is 0 Å². The number of ketones is 1. The lowest BCUT2D eigenvalue weighted by atomic mass is 10.0. The molecule has 2 aromatic carbocycles. The van der Waals surface area contributed by atoms with Crippen molar-refractivity contribution in [2.45, 2.75) is 33.2 Å². The summed E-state index contributed by atoms with van der Waals surface area (Å²) in [7, 11) is 4.04. The lowest BCUT2D eigenvalue weighted by Gasteiger charge is -2.17. The number of phenolic OH excluding ortho intramolecular Hbond substituents is 1. The summed E-state index contributed by atoms with van der Waals surface area (Å²) in [6, 6.07) is 12.0. The fourth-order valence-corrected chi connectivity index (χ4v) is 4.55. The SMILES string of the molecule is CC(=O)c1c(C)n(-c2ccc(N(C)C)cc2)c2ccc(O)c(CN3CCCC3)c12. The molecule has 5 heteroatoms. The van der Waals surface area contributed by atoms with Gasteiger partial charge in [0, 0.05) is 54.2 Å². The molecule has 0 amide bonds. The molecule has 0 aliphatic carbocycles. The van der Waals surface area contributed by atoms with Crippen LogP contribution in [0.15, 0.2) is 36.4 Å². The van der Waals surface area contributed by atoms with Crippen molar-refractivity contribution >= 4 is 22.4 Å². The minimum atomic E-state index is 0.0319.